The Morgan fingerprint density at radius 2 is 2.05 bits per heavy atom. The molecule has 1 aliphatic heterocycles. The summed E-state index contributed by atoms with van der Waals surface area (Å²) in [7, 11) is 0. The van der Waals surface area contributed by atoms with Crippen molar-refractivity contribution in [2.75, 3.05) is 6.54 Å². The number of amides is 2. The molecule has 0 radical (unpaired) electrons. The van der Waals surface area contributed by atoms with Crippen LogP contribution in [0.5, 0.6) is 0 Å². The van der Waals surface area contributed by atoms with Crippen molar-refractivity contribution in [1.29, 1.82) is 0 Å². The number of alkyl halides is 5. The van der Waals surface area contributed by atoms with Crippen molar-refractivity contribution >= 4 is 17.5 Å². The summed E-state index contributed by atoms with van der Waals surface area (Å²) in [6, 6.07) is 2.34. The summed E-state index contributed by atoms with van der Waals surface area (Å²) in [6.45, 7) is -0.444. The van der Waals surface area contributed by atoms with Crippen LogP contribution >= 0.6 is 0 Å². The van der Waals surface area contributed by atoms with Crippen LogP contribution in [0.15, 0.2) is 29.1 Å². The highest BCUT2D eigenvalue weighted by Crippen LogP contribution is 2.43. The summed E-state index contributed by atoms with van der Waals surface area (Å²) in [5.74, 6) is -6.80. The number of fused-ring (bicyclic) bond motifs is 1. The van der Waals surface area contributed by atoms with Gasteiger partial charge in [0.2, 0.25) is 11.8 Å². The fraction of sp³-hybridized carbons (Fsp3) is 0.593. The number of nitrogens with one attached hydrogen (secondary N) is 2. The van der Waals surface area contributed by atoms with Gasteiger partial charge in [-0.1, -0.05) is 5.16 Å². The number of rotatable bonds is 7. The molecule has 220 valence electrons. The van der Waals surface area contributed by atoms with E-state index >= 15 is 0 Å². The molecule has 2 amide bonds. The predicted octanol–water partition coefficient (Wildman–Crippen LogP) is 4.75. The van der Waals surface area contributed by atoms with E-state index in [9.17, 15) is 31.5 Å². The zero-order valence-electron chi connectivity index (χ0n) is 22.0. The van der Waals surface area contributed by atoms with E-state index in [4.69, 9.17) is 4.52 Å². The summed E-state index contributed by atoms with van der Waals surface area (Å²) >= 11 is 0. The Labute approximate surface area is 231 Å². The van der Waals surface area contributed by atoms with Crippen molar-refractivity contribution in [2.45, 2.75) is 75.4 Å². The predicted molar refractivity (Wildman–Crippen MR) is 133 cm³/mol. The number of nitrogens with zero attached hydrogens (tertiary/aromatic N) is 4. The zero-order valence-corrected chi connectivity index (χ0v) is 22.0. The van der Waals surface area contributed by atoms with E-state index < -0.39 is 60.7 Å². The van der Waals surface area contributed by atoms with Crippen LogP contribution in [0.4, 0.5) is 22.0 Å². The third-order valence-corrected chi connectivity index (χ3v) is 8.34. The number of imidazole rings is 1. The van der Waals surface area contributed by atoms with Crippen LogP contribution in [-0.4, -0.2) is 50.2 Å². The first-order chi connectivity index (χ1) is 19.5. The largest absolute Gasteiger partial charge is 0.393 e. The van der Waals surface area contributed by atoms with Crippen LogP contribution in [0.3, 0.4) is 0 Å². The zero-order chi connectivity index (χ0) is 28.9. The molecule has 2 saturated carbocycles. The van der Waals surface area contributed by atoms with Gasteiger partial charge >= 0.3 is 6.18 Å². The number of carbonyl (C=O) groups excluding carboxylic acids is 2. The van der Waals surface area contributed by atoms with Gasteiger partial charge in [-0.2, -0.15) is 18.3 Å². The number of aromatic nitrogens is 4. The smallest absolute Gasteiger partial charge is 0.364 e. The molecule has 2 unspecified atom stereocenters. The molecular weight excluding hydrogens is 551 g/mol. The Kier molecular flexibility index (Phi) is 6.97. The molecule has 3 fully saturated rings. The third-order valence-electron chi connectivity index (χ3n) is 8.34. The molecule has 3 aromatic heterocycles. The SMILES string of the molecule is O=C(NC(c1cn2nc(CC3C[C@@H](C(F)(F)F)CNC3=O)ccc2n1)[C@@H]1CCCC(F)(F)C1)c1conc1C1CC1. The number of hydrogen-bond donors (Lipinski definition) is 2. The van der Waals surface area contributed by atoms with E-state index in [0.717, 1.165) is 12.8 Å². The highest BCUT2D eigenvalue weighted by Gasteiger charge is 2.45. The minimum atomic E-state index is -4.41. The molecule has 1 saturated heterocycles. The molecule has 6 rings (SSSR count). The van der Waals surface area contributed by atoms with Gasteiger partial charge in [0.25, 0.3) is 5.91 Å². The number of halogens is 5. The third kappa shape index (κ3) is 5.91. The van der Waals surface area contributed by atoms with Crippen LogP contribution in [0.25, 0.3) is 5.65 Å². The number of hydrogen-bond acceptors (Lipinski definition) is 6. The molecule has 3 aliphatic rings. The Bertz CT molecular complexity index is 1450. The second-order valence-corrected chi connectivity index (χ2v) is 11.5. The first-order valence-electron chi connectivity index (χ1n) is 13.8. The minimum Gasteiger partial charge on any atom is -0.364 e. The molecule has 2 aliphatic carbocycles. The molecule has 14 heteroatoms. The molecule has 4 atom stereocenters. The van der Waals surface area contributed by atoms with Gasteiger partial charge in [-0.3, -0.25) is 9.59 Å². The first-order valence-corrected chi connectivity index (χ1v) is 13.8. The molecule has 9 nitrogen and oxygen atoms in total. The quantitative estimate of drug-likeness (QED) is 0.390. The van der Waals surface area contributed by atoms with E-state index in [1.54, 1.807) is 12.1 Å². The molecular formula is C27H29F5N6O3. The van der Waals surface area contributed by atoms with Gasteiger partial charge in [0.05, 0.1) is 35.2 Å². The average molecular weight is 581 g/mol. The summed E-state index contributed by atoms with van der Waals surface area (Å²) < 4.78 is 75.1. The Morgan fingerprint density at radius 1 is 1.24 bits per heavy atom. The Morgan fingerprint density at radius 3 is 2.78 bits per heavy atom. The van der Waals surface area contributed by atoms with Gasteiger partial charge in [-0.25, -0.2) is 18.3 Å². The normalized spacial score (nSPS) is 25.6. The molecule has 2 N–H and O–H groups in total. The minimum absolute atomic E-state index is 0.00564. The van der Waals surface area contributed by atoms with E-state index in [1.165, 1.54) is 17.0 Å². The van der Waals surface area contributed by atoms with E-state index in [-0.39, 0.29) is 30.7 Å². The van der Waals surface area contributed by atoms with Crippen molar-refractivity contribution in [3.63, 3.8) is 0 Å². The van der Waals surface area contributed by atoms with Gasteiger partial charge in [0.1, 0.15) is 11.8 Å². The molecule has 0 bridgehead atoms. The fourth-order valence-corrected chi connectivity index (χ4v) is 5.99. The summed E-state index contributed by atoms with van der Waals surface area (Å²) in [5.41, 5.74) is 1.91. The topological polar surface area (TPSA) is 114 Å². The van der Waals surface area contributed by atoms with Crippen LogP contribution < -0.4 is 10.6 Å². The highest BCUT2D eigenvalue weighted by atomic mass is 19.4. The van der Waals surface area contributed by atoms with Gasteiger partial charge in [0, 0.05) is 37.6 Å². The standard InChI is InChI=1S/C27H29F5N6O3/c28-26(29)7-1-2-15(10-26)23(35-25(40)19-13-41-37-22(19)14-3-4-14)20-12-38-21(34-20)6-5-18(36-38)9-16-8-17(27(30,31)32)11-33-24(16)39/h5-6,12-17,23H,1-4,7-11H2,(H,33,39)(H,35,40)/t15-,16?,17-,23?/m1/s1. The summed E-state index contributed by atoms with van der Waals surface area (Å²) in [4.78, 5) is 30.1. The van der Waals surface area contributed by atoms with Crippen LogP contribution in [0, 0.1) is 17.8 Å². The maximum absolute atomic E-state index is 14.5. The van der Waals surface area contributed by atoms with E-state index in [0.29, 0.717) is 35.6 Å². The van der Waals surface area contributed by atoms with Crippen LogP contribution in [-0.2, 0) is 11.2 Å². The van der Waals surface area contributed by atoms with Gasteiger partial charge < -0.3 is 15.2 Å². The Hall–Kier alpha value is -3.58. The second kappa shape index (κ2) is 10.4. The van der Waals surface area contributed by atoms with Crippen LogP contribution in [0.2, 0.25) is 0 Å². The lowest BCUT2D eigenvalue weighted by Crippen LogP contribution is -2.47. The summed E-state index contributed by atoms with van der Waals surface area (Å²) in [6.07, 6.45) is -0.0499. The molecule has 41 heavy (non-hydrogen) atoms. The lowest BCUT2D eigenvalue weighted by Gasteiger charge is -2.34. The van der Waals surface area contributed by atoms with E-state index in [2.05, 4.69) is 25.9 Å². The van der Waals surface area contributed by atoms with Crippen molar-refractivity contribution < 1.29 is 36.1 Å². The second-order valence-electron chi connectivity index (χ2n) is 11.5. The fourth-order valence-electron chi connectivity index (χ4n) is 5.99. The molecule has 3 aromatic rings. The molecule has 0 aromatic carbocycles. The number of carbonyl (C=O) groups is 2. The van der Waals surface area contributed by atoms with Gasteiger partial charge in [0.15, 0.2) is 5.65 Å². The Balaban J connectivity index is 1.26. The maximum atomic E-state index is 14.5. The maximum Gasteiger partial charge on any atom is 0.393 e. The van der Waals surface area contributed by atoms with Crippen LogP contribution in [0.1, 0.15) is 84.3 Å². The molecule has 0 spiro atoms. The van der Waals surface area contributed by atoms with Crippen molar-refractivity contribution in [1.82, 2.24) is 30.4 Å². The van der Waals surface area contributed by atoms with E-state index in [1.807, 2.05) is 0 Å². The lowest BCUT2D eigenvalue weighted by molar-refractivity contribution is -0.183. The average Bonchev–Trinajstić information content (AvgIpc) is 3.47. The van der Waals surface area contributed by atoms with Crippen molar-refractivity contribution in [3.8, 4) is 0 Å². The highest BCUT2D eigenvalue weighted by molar-refractivity contribution is 5.95. The van der Waals surface area contributed by atoms with Crippen molar-refractivity contribution in [2.24, 2.45) is 17.8 Å². The first kappa shape index (κ1) is 27.6. The van der Waals surface area contributed by atoms with Crippen molar-refractivity contribution in [3.05, 3.63) is 47.2 Å². The van der Waals surface area contributed by atoms with Gasteiger partial charge in [-0.05, 0) is 50.2 Å². The van der Waals surface area contributed by atoms with Gasteiger partial charge in [-0.15, -0.1) is 0 Å². The number of piperidine rings is 1. The monoisotopic (exact) mass is 580 g/mol. The lowest BCUT2D eigenvalue weighted by atomic mass is 9.80. The molecule has 4 heterocycles. The summed E-state index contributed by atoms with van der Waals surface area (Å²) in [5, 5.41) is 13.6.